The van der Waals surface area contributed by atoms with Crippen LogP contribution < -0.4 is 5.73 Å². The molecule has 66 valence electrons. The van der Waals surface area contributed by atoms with E-state index in [0.29, 0.717) is 6.54 Å². The average Bonchev–Trinajstić information content (AvgIpc) is 2.80. The third kappa shape index (κ3) is 1.41. The SMILES string of the molecule is NCCn1ncc(Br)c1C1CC1. The molecular weight excluding hydrogens is 218 g/mol. The number of aromatic nitrogens is 2. The second kappa shape index (κ2) is 3.18. The molecule has 1 aromatic heterocycles. The summed E-state index contributed by atoms with van der Waals surface area (Å²) in [4.78, 5) is 0. The van der Waals surface area contributed by atoms with Gasteiger partial charge in [-0.25, -0.2) is 0 Å². The Bertz CT molecular complexity index is 278. The largest absolute Gasteiger partial charge is 0.329 e. The summed E-state index contributed by atoms with van der Waals surface area (Å²) in [6.45, 7) is 1.49. The highest BCUT2D eigenvalue weighted by Crippen LogP contribution is 2.42. The maximum Gasteiger partial charge on any atom is 0.0635 e. The zero-order valence-electron chi connectivity index (χ0n) is 6.83. The van der Waals surface area contributed by atoms with Gasteiger partial charge in [-0.15, -0.1) is 0 Å². The molecule has 0 aliphatic heterocycles. The van der Waals surface area contributed by atoms with Gasteiger partial charge in [0, 0.05) is 12.5 Å². The fourth-order valence-corrected chi connectivity index (χ4v) is 2.05. The maximum absolute atomic E-state index is 5.48. The first-order valence-electron chi connectivity index (χ1n) is 4.24. The van der Waals surface area contributed by atoms with Crippen LogP contribution in [0.3, 0.4) is 0 Å². The number of nitrogens with zero attached hydrogens (tertiary/aromatic N) is 2. The number of nitrogens with two attached hydrogens (primary N) is 1. The minimum atomic E-state index is 0.661. The minimum absolute atomic E-state index is 0.661. The maximum atomic E-state index is 5.48. The van der Waals surface area contributed by atoms with Crippen molar-refractivity contribution in [3.63, 3.8) is 0 Å². The highest BCUT2D eigenvalue weighted by molar-refractivity contribution is 9.10. The number of hydrogen-bond acceptors (Lipinski definition) is 2. The number of halogens is 1. The number of rotatable bonds is 3. The molecule has 1 saturated carbocycles. The standard InChI is InChI=1S/C8H12BrN3/c9-7-5-11-12(4-3-10)8(7)6-1-2-6/h5-6H,1-4,10H2. The van der Waals surface area contributed by atoms with Crippen LogP contribution in [0.4, 0.5) is 0 Å². The first kappa shape index (κ1) is 8.26. The van der Waals surface area contributed by atoms with Crippen LogP contribution in [-0.4, -0.2) is 16.3 Å². The summed E-state index contributed by atoms with van der Waals surface area (Å²) < 4.78 is 3.15. The van der Waals surface area contributed by atoms with Gasteiger partial charge in [0.25, 0.3) is 0 Å². The summed E-state index contributed by atoms with van der Waals surface area (Å²) in [5.74, 6) is 0.730. The lowest BCUT2D eigenvalue weighted by Crippen LogP contribution is -2.13. The van der Waals surface area contributed by atoms with Crippen molar-refractivity contribution in [3.8, 4) is 0 Å². The Morgan fingerprint density at radius 2 is 2.42 bits per heavy atom. The smallest absolute Gasteiger partial charge is 0.0635 e. The van der Waals surface area contributed by atoms with Crippen molar-refractivity contribution < 1.29 is 0 Å². The molecule has 1 aliphatic carbocycles. The molecule has 1 aliphatic rings. The van der Waals surface area contributed by atoms with Crippen molar-refractivity contribution in [2.75, 3.05) is 6.54 Å². The van der Waals surface area contributed by atoms with Crippen LogP contribution >= 0.6 is 15.9 Å². The van der Waals surface area contributed by atoms with Crippen LogP contribution in [0.25, 0.3) is 0 Å². The van der Waals surface area contributed by atoms with E-state index in [4.69, 9.17) is 5.73 Å². The molecule has 1 fully saturated rings. The van der Waals surface area contributed by atoms with E-state index >= 15 is 0 Å². The van der Waals surface area contributed by atoms with Crippen LogP contribution in [0.2, 0.25) is 0 Å². The predicted octanol–water partition coefficient (Wildman–Crippen LogP) is 1.48. The monoisotopic (exact) mass is 229 g/mol. The van der Waals surface area contributed by atoms with Gasteiger partial charge in [-0.1, -0.05) is 0 Å². The Balaban J connectivity index is 2.27. The molecule has 0 saturated heterocycles. The summed E-state index contributed by atoms with van der Waals surface area (Å²) in [6.07, 6.45) is 4.47. The number of hydrogen-bond donors (Lipinski definition) is 1. The topological polar surface area (TPSA) is 43.8 Å². The Morgan fingerprint density at radius 3 is 3.00 bits per heavy atom. The second-order valence-electron chi connectivity index (χ2n) is 3.16. The second-order valence-corrected chi connectivity index (χ2v) is 4.02. The highest BCUT2D eigenvalue weighted by Gasteiger charge is 2.29. The summed E-state index contributed by atoms with van der Waals surface area (Å²) in [6, 6.07) is 0. The fraction of sp³-hybridized carbons (Fsp3) is 0.625. The molecule has 1 heterocycles. The van der Waals surface area contributed by atoms with Gasteiger partial charge in [0.15, 0.2) is 0 Å². The summed E-state index contributed by atoms with van der Waals surface area (Å²) in [5.41, 5.74) is 6.82. The zero-order chi connectivity index (χ0) is 8.55. The van der Waals surface area contributed by atoms with Gasteiger partial charge in [-0.3, -0.25) is 4.68 Å². The fourth-order valence-electron chi connectivity index (χ4n) is 1.44. The predicted molar refractivity (Wildman–Crippen MR) is 51.0 cm³/mol. The molecule has 2 N–H and O–H groups in total. The molecule has 0 spiro atoms. The van der Waals surface area contributed by atoms with Crippen LogP contribution in [0.15, 0.2) is 10.7 Å². The highest BCUT2D eigenvalue weighted by atomic mass is 79.9. The summed E-state index contributed by atoms with van der Waals surface area (Å²) in [7, 11) is 0. The third-order valence-corrected chi connectivity index (χ3v) is 2.75. The van der Waals surface area contributed by atoms with Crippen molar-refractivity contribution in [3.05, 3.63) is 16.4 Å². The van der Waals surface area contributed by atoms with Crippen LogP contribution in [-0.2, 0) is 6.54 Å². The van der Waals surface area contributed by atoms with E-state index in [-0.39, 0.29) is 0 Å². The Hall–Kier alpha value is -0.350. The Kier molecular flexibility index (Phi) is 2.19. The quantitative estimate of drug-likeness (QED) is 0.854. The van der Waals surface area contributed by atoms with Crippen molar-refractivity contribution in [1.82, 2.24) is 9.78 Å². The molecule has 0 bridgehead atoms. The minimum Gasteiger partial charge on any atom is -0.329 e. The van der Waals surface area contributed by atoms with E-state index in [1.54, 1.807) is 0 Å². The molecule has 0 radical (unpaired) electrons. The van der Waals surface area contributed by atoms with Crippen LogP contribution in [0.5, 0.6) is 0 Å². The Morgan fingerprint density at radius 1 is 1.67 bits per heavy atom. The van der Waals surface area contributed by atoms with E-state index in [1.165, 1.54) is 18.5 Å². The molecule has 0 amide bonds. The van der Waals surface area contributed by atoms with Gasteiger partial charge in [0.1, 0.15) is 0 Å². The summed E-state index contributed by atoms with van der Waals surface area (Å²) >= 11 is 3.50. The lowest BCUT2D eigenvalue weighted by molar-refractivity contribution is 0.594. The molecular formula is C8H12BrN3. The summed E-state index contributed by atoms with van der Waals surface area (Å²) in [5, 5.41) is 4.26. The van der Waals surface area contributed by atoms with Crippen molar-refractivity contribution >= 4 is 15.9 Å². The molecule has 12 heavy (non-hydrogen) atoms. The van der Waals surface area contributed by atoms with Gasteiger partial charge in [0.05, 0.1) is 22.9 Å². The van der Waals surface area contributed by atoms with Crippen molar-refractivity contribution in [2.24, 2.45) is 5.73 Å². The molecule has 0 aromatic carbocycles. The van der Waals surface area contributed by atoms with Crippen molar-refractivity contribution in [2.45, 2.75) is 25.3 Å². The molecule has 0 atom stereocenters. The molecule has 4 heteroatoms. The average molecular weight is 230 g/mol. The first-order valence-corrected chi connectivity index (χ1v) is 5.03. The van der Waals surface area contributed by atoms with E-state index < -0.39 is 0 Å². The zero-order valence-corrected chi connectivity index (χ0v) is 8.42. The molecule has 1 aromatic rings. The van der Waals surface area contributed by atoms with Gasteiger partial charge in [-0.2, -0.15) is 5.10 Å². The lowest BCUT2D eigenvalue weighted by atomic mass is 10.3. The van der Waals surface area contributed by atoms with Crippen LogP contribution in [0, 0.1) is 0 Å². The first-order chi connectivity index (χ1) is 5.83. The lowest BCUT2D eigenvalue weighted by Gasteiger charge is -2.04. The van der Waals surface area contributed by atoms with Crippen LogP contribution in [0.1, 0.15) is 24.5 Å². The van der Waals surface area contributed by atoms with Gasteiger partial charge in [-0.05, 0) is 28.8 Å². The van der Waals surface area contributed by atoms with E-state index in [9.17, 15) is 0 Å². The third-order valence-electron chi connectivity index (χ3n) is 2.14. The molecule has 0 unspecified atom stereocenters. The normalized spacial score (nSPS) is 16.8. The van der Waals surface area contributed by atoms with Crippen molar-refractivity contribution in [1.29, 1.82) is 0 Å². The van der Waals surface area contributed by atoms with Gasteiger partial charge in [0.2, 0.25) is 0 Å². The van der Waals surface area contributed by atoms with E-state index in [1.807, 2.05) is 10.9 Å². The molecule has 2 rings (SSSR count). The molecule has 3 nitrogen and oxygen atoms in total. The van der Waals surface area contributed by atoms with Gasteiger partial charge >= 0.3 is 0 Å². The van der Waals surface area contributed by atoms with E-state index in [2.05, 4.69) is 21.0 Å². The Labute approximate surface area is 80.1 Å². The van der Waals surface area contributed by atoms with E-state index in [0.717, 1.165) is 16.9 Å². The van der Waals surface area contributed by atoms with Gasteiger partial charge < -0.3 is 5.73 Å².